The summed E-state index contributed by atoms with van der Waals surface area (Å²) in [7, 11) is 0. The molecule has 1 unspecified atom stereocenters. The van der Waals surface area contributed by atoms with Crippen LogP contribution in [0.5, 0.6) is 0 Å². The van der Waals surface area contributed by atoms with Gasteiger partial charge in [0.05, 0.1) is 5.69 Å². The number of aromatic nitrogens is 4. The summed E-state index contributed by atoms with van der Waals surface area (Å²) in [6.07, 6.45) is 7.70. The maximum atomic E-state index is 13.0. The first-order valence-corrected chi connectivity index (χ1v) is 8.96. The molecule has 1 fully saturated rings. The molecule has 3 aromatic rings. The molecule has 0 bridgehead atoms. The summed E-state index contributed by atoms with van der Waals surface area (Å²) in [6, 6.07) is 9.42. The Kier molecular flexibility index (Phi) is 4.67. The number of rotatable bonds is 4. The monoisotopic (exact) mass is 367 g/mol. The Balaban J connectivity index is 1.51. The number of anilines is 1. The summed E-state index contributed by atoms with van der Waals surface area (Å²) in [5.41, 5.74) is 2.89. The smallest absolute Gasteiger partial charge is 0.231 e. The number of hydrogen-bond donors (Lipinski definition) is 1. The van der Waals surface area contributed by atoms with Gasteiger partial charge < -0.3 is 0 Å². The number of pyridine rings is 2. The average Bonchev–Trinajstić information content (AvgIpc) is 3.16. The molecule has 1 N–H and O–H groups in total. The second kappa shape index (κ2) is 7.25. The predicted molar refractivity (Wildman–Crippen MR) is 99.8 cm³/mol. The number of nitrogens with one attached hydrogen (secondary N) is 1. The largest absolute Gasteiger partial charge is 0.295 e. The van der Waals surface area contributed by atoms with Gasteiger partial charge in [0.1, 0.15) is 5.15 Å². The van der Waals surface area contributed by atoms with E-state index in [4.69, 9.17) is 11.6 Å². The summed E-state index contributed by atoms with van der Waals surface area (Å²) in [5, 5.41) is 7.83. The van der Waals surface area contributed by atoms with Crippen LogP contribution in [0.25, 0.3) is 11.3 Å². The van der Waals surface area contributed by atoms with E-state index < -0.39 is 0 Å². The molecular weight excluding hydrogens is 350 g/mol. The van der Waals surface area contributed by atoms with Crippen molar-refractivity contribution in [3.63, 3.8) is 0 Å². The van der Waals surface area contributed by atoms with Crippen molar-refractivity contribution in [1.29, 1.82) is 0 Å². The summed E-state index contributed by atoms with van der Waals surface area (Å²) in [4.78, 5) is 22.9. The second-order valence-corrected chi connectivity index (χ2v) is 6.79. The van der Waals surface area contributed by atoms with Gasteiger partial charge in [-0.15, -0.1) is 0 Å². The van der Waals surface area contributed by atoms with Crippen LogP contribution in [0.2, 0.25) is 5.15 Å². The highest BCUT2D eigenvalue weighted by Crippen LogP contribution is 2.28. The van der Waals surface area contributed by atoms with Gasteiger partial charge in [0, 0.05) is 42.7 Å². The van der Waals surface area contributed by atoms with Crippen molar-refractivity contribution >= 4 is 23.3 Å². The van der Waals surface area contributed by atoms with Gasteiger partial charge in [-0.3, -0.25) is 19.8 Å². The van der Waals surface area contributed by atoms with Crippen molar-refractivity contribution < 1.29 is 4.79 Å². The SMILES string of the molecule is O=C1C(Cc2ccc(Cl)nc2)CCCN1c1cc(-c2ccncc2)[nH]n1. The Morgan fingerprint density at radius 1 is 1.23 bits per heavy atom. The van der Waals surface area contributed by atoms with E-state index in [0.717, 1.165) is 29.7 Å². The van der Waals surface area contributed by atoms with Crippen LogP contribution in [0.15, 0.2) is 48.9 Å². The zero-order valence-electron chi connectivity index (χ0n) is 14.1. The lowest BCUT2D eigenvalue weighted by atomic mass is 9.91. The zero-order chi connectivity index (χ0) is 17.9. The minimum absolute atomic E-state index is 0.0622. The fourth-order valence-electron chi connectivity index (χ4n) is 3.31. The highest BCUT2D eigenvalue weighted by atomic mass is 35.5. The Morgan fingerprint density at radius 2 is 2.08 bits per heavy atom. The van der Waals surface area contributed by atoms with Gasteiger partial charge in [0.2, 0.25) is 5.91 Å². The van der Waals surface area contributed by atoms with E-state index in [-0.39, 0.29) is 11.8 Å². The Bertz CT molecular complexity index is 894. The second-order valence-electron chi connectivity index (χ2n) is 6.40. The summed E-state index contributed by atoms with van der Waals surface area (Å²) in [5.74, 6) is 0.715. The molecule has 0 aliphatic carbocycles. The molecule has 6 nitrogen and oxygen atoms in total. The van der Waals surface area contributed by atoms with Crippen LogP contribution in [0.3, 0.4) is 0 Å². The Morgan fingerprint density at radius 3 is 2.85 bits per heavy atom. The van der Waals surface area contributed by atoms with Crippen molar-refractivity contribution in [3.05, 3.63) is 59.6 Å². The number of carbonyl (C=O) groups excluding carboxylic acids is 1. The van der Waals surface area contributed by atoms with Gasteiger partial charge in [-0.05, 0) is 43.0 Å². The van der Waals surface area contributed by atoms with Crippen LogP contribution in [0.4, 0.5) is 5.82 Å². The lowest BCUT2D eigenvalue weighted by molar-refractivity contribution is -0.123. The molecule has 3 aromatic heterocycles. The molecule has 0 aromatic carbocycles. The number of amides is 1. The van der Waals surface area contributed by atoms with E-state index in [0.29, 0.717) is 23.9 Å². The lowest BCUT2D eigenvalue weighted by Crippen LogP contribution is -2.42. The van der Waals surface area contributed by atoms with Crippen LogP contribution in [-0.2, 0) is 11.2 Å². The van der Waals surface area contributed by atoms with E-state index in [1.165, 1.54) is 0 Å². The molecule has 0 radical (unpaired) electrons. The van der Waals surface area contributed by atoms with E-state index in [1.807, 2.05) is 24.3 Å². The zero-order valence-corrected chi connectivity index (χ0v) is 14.9. The van der Waals surface area contributed by atoms with Crippen LogP contribution in [0, 0.1) is 5.92 Å². The molecular formula is C19H18ClN5O. The van der Waals surface area contributed by atoms with Crippen molar-refractivity contribution in [3.8, 4) is 11.3 Å². The van der Waals surface area contributed by atoms with Crippen LogP contribution in [-0.4, -0.2) is 32.6 Å². The highest BCUT2D eigenvalue weighted by Gasteiger charge is 2.31. The Hall–Kier alpha value is -2.73. The third kappa shape index (κ3) is 3.46. The third-order valence-electron chi connectivity index (χ3n) is 4.65. The van der Waals surface area contributed by atoms with Crippen molar-refractivity contribution in [2.75, 3.05) is 11.4 Å². The molecule has 1 aliphatic rings. The first kappa shape index (κ1) is 16.7. The summed E-state index contributed by atoms with van der Waals surface area (Å²) < 4.78 is 0. The van der Waals surface area contributed by atoms with Gasteiger partial charge in [-0.1, -0.05) is 17.7 Å². The minimum atomic E-state index is -0.0622. The number of nitrogens with zero attached hydrogens (tertiary/aromatic N) is 4. The molecule has 0 spiro atoms. The van der Waals surface area contributed by atoms with E-state index in [1.54, 1.807) is 29.6 Å². The fourth-order valence-corrected chi connectivity index (χ4v) is 3.42. The van der Waals surface area contributed by atoms with Crippen molar-refractivity contribution in [2.24, 2.45) is 5.92 Å². The number of piperidine rings is 1. The molecule has 1 amide bonds. The molecule has 132 valence electrons. The average molecular weight is 368 g/mol. The maximum Gasteiger partial charge on any atom is 0.231 e. The molecule has 26 heavy (non-hydrogen) atoms. The first-order valence-electron chi connectivity index (χ1n) is 8.58. The fraction of sp³-hybridized carbons (Fsp3) is 0.263. The van der Waals surface area contributed by atoms with Crippen molar-refractivity contribution in [2.45, 2.75) is 19.3 Å². The number of H-pyrrole nitrogens is 1. The quantitative estimate of drug-likeness (QED) is 0.716. The number of halogens is 1. The number of hydrogen-bond acceptors (Lipinski definition) is 4. The van der Waals surface area contributed by atoms with E-state index >= 15 is 0 Å². The standard InChI is InChI=1S/C19H18ClN5O/c20-17-4-3-13(12-22-17)10-15-2-1-9-25(19(15)26)18-11-16(23-24-18)14-5-7-21-8-6-14/h3-8,11-12,15H,1-2,9-10H2,(H,23,24). The van der Waals surface area contributed by atoms with E-state index in [2.05, 4.69) is 20.2 Å². The molecule has 4 heterocycles. The predicted octanol–water partition coefficient (Wildman–Crippen LogP) is 3.51. The lowest BCUT2D eigenvalue weighted by Gasteiger charge is -2.30. The molecule has 0 saturated carbocycles. The van der Waals surface area contributed by atoms with Gasteiger partial charge in [-0.2, -0.15) is 5.10 Å². The Labute approximate surface area is 156 Å². The normalized spacial score (nSPS) is 17.5. The third-order valence-corrected chi connectivity index (χ3v) is 4.88. The van der Waals surface area contributed by atoms with Gasteiger partial charge in [0.25, 0.3) is 0 Å². The van der Waals surface area contributed by atoms with Crippen LogP contribution < -0.4 is 4.90 Å². The molecule has 1 atom stereocenters. The summed E-state index contributed by atoms with van der Waals surface area (Å²) >= 11 is 5.84. The minimum Gasteiger partial charge on any atom is -0.295 e. The highest BCUT2D eigenvalue weighted by molar-refractivity contribution is 6.29. The van der Waals surface area contributed by atoms with Gasteiger partial charge in [-0.25, -0.2) is 4.98 Å². The molecule has 1 saturated heterocycles. The number of aromatic amines is 1. The van der Waals surface area contributed by atoms with Gasteiger partial charge >= 0.3 is 0 Å². The maximum absolute atomic E-state index is 13.0. The summed E-state index contributed by atoms with van der Waals surface area (Å²) in [6.45, 7) is 0.689. The molecule has 1 aliphatic heterocycles. The van der Waals surface area contributed by atoms with Crippen molar-refractivity contribution in [1.82, 2.24) is 20.2 Å². The molecule has 4 rings (SSSR count). The first-order chi connectivity index (χ1) is 12.7. The van der Waals surface area contributed by atoms with Crippen LogP contribution >= 0.6 is 11.6 Å². The topological polar surface area (TPSA) is 74.8 Å². The van der Waals surface area contributed by atoms with E-state index in [9.17, 15) is 4.79 Å². The van der Waals surface area contributed by atoms with Gasteiger partial charge in [0.15, 0.2) is 5.82 Å². The molecule has 7 heteroatoms. The number of carbonyl (C=O) groups is 1. The van der Waals surface area contributed by atoms with Crippen LogP contribution in [0.1, 0.15) is 18.4 Å².